The molecule has 0 atom stereocenters. The van der Waals surface area contributed by atoms with Gasteiger partial charge in [-0.3, -0.25) is 0 Å². The number of hydrogen-bond donors (Lipinski definition) is 0. The predicted octanol–water partition coefficient (Wildman–Crippen LogP) is 11.3. The van der Waals surface area contributed by atoms with E-state index in [4.69, 9.17) is 19.7 Å². The van der Waals surface area contributed by atoms with Crippen molar-refractivity contribution in [1.29, 1.82) is 0 Å². The maximum Gasteiger partial charge on any atom is 2.00 e. The van der Waals surface area contributed by atoms with Gasteiger partial charge in [0, 0.05) is 29.1 Å². The molecule has 0 saturated heterocycles. The Morgan fingerprint density at radius 3 is 1.98 bits per heavy atom. The van der Waals surface area contributed by atoms with Gasteiger partial charge in [-0.15, -0.1) is 17.5 Å². The first kappa shape index (κ1) is 35.6. The molecule has 0 amide bonds. The van der Waals surface area contributed by atoms with Crippen molar-refractivity contribution in [2.75, 3.05) is 0 Å². The maximum atomic E-state index is 6.63. The van der Waals surface area contributed by atoms with Gasteiger partial charge < -0.3 is 19.3 Å². The number of rotatable bonds is 5. The fourth-order valence-electron chi connectivity index (χ4n) is 8.09. The van der Waals surface area contributed by atoms with Gasteiger partial charge in [-0.2, -0.15) is 6.07 Å². The van der Waals surface area contributed by atoms with Crippen LogP contribution in [0.25, 0.3) is 38.9 Å². The van der Waals surface area contributed by atoms with Crippen molar-refractivity contribution < 1.29 is 25.8 Å². The van der Waals surface area contributed by atoms with Gasteiger partial charge in [0.1, 0.15) is 5.82 Å². The summed E-state index contributed by atoms with van der Waals surface area (Å²) in [5.41, 5.74) is 9.54. The van der Waals surface area contributed by atoms with Gasteiger partial charge in [-0.1, -0.05) is 138 Å². The molecule has 0 saturated carbocycles. The molecule has 4 aromatic carbocycles. The molecule has 1 aliphatic rings. The van der Waals surface area contributed by atoms with Gasteiger partial charge in [0.25, 0.3) is 0 Å². The Bertz CT molecular complexity index is 2630. The first-order chi connectivity index (χ1) is 25.5. The van der Waals surface area contributed by atoms with E-state index in [2.05, 4.69) is 167 Å². The summed E-state index contributed by atoms with van der Waals surface area (Å²) in [7, 11) is 0. The van der Waals surface area contributed by atoms with Crippen LogP contribution in [0.2, 0.25) is 0 Å². The third-order valence-electron chi connectivity index (χ3n) is 10.6. The van der Waals surface area contributed by atoms with Gasteiger partial charge >= 0.3 is 21.1 Å². The molecular weight excluding hydrogens is 844 g/mol. The zero-order valence-electron chi connectivity index (χ0n) is 31.2. The molecule has 0 bridgehead atoms. The quantitative estimate of drug-likeness (QED) is 0.162. The summed E-state index contributed by atoms with van der Waals surface area (Å²) in [5.74, 6) is 1.91. The minimum Gasteiger partial charge on any atom is -0.501 e. The molecular formula is C48H40N4OPt. The van der Waals surface area contributed by atoms with Crippen LogP contribution in [0.1, 0.15) is 75.1 Å². The van der Waals surface area contributed by atoms with Crippen molar-refractivity contribution >= 4 is 21.8 Å². The SMILES string of the molecule is CC(C)(C)c1ccnc(-n2c3[c-]c(Oc4[c-]c5c(nc4)C(c4ccccc4)(c4ccccc4)c4c(C(C)(C)C)ccnc4-5)ccc3c3ccccc32)c1.[Pt+2]. The van der Waals surface area contributed by atoms with Crippen LogP contribution in [0.15, 0.2) is 134 Å². The molecule has 0 radical (unpaired) electrons. The molecule has 4 heterocycles. The zero-order valence-corrected chi connectivity index (χ0v) is 33.5. The van der Waals surface area contributed by atoms with Crippen LogP contribution in [-0.2, 0) is 37.3 Å². The van der Waals surface area contributed by atoms with Crippen LogP contribution in [-0.4, -0.2) is 19.5 Å². The van der Waals surface area contributed by atoms with Crippen molar-refractivity contribution in [2.45, 2.75) is 57.8 Å². The molecule has 268 valence electrons. The topological polar surface area (TPSA) is 52.8 Å². The van der Waals surface area contributed by atoms with Gasteiger partial charge in [0.2, 0.25) is 0 Å². The van der Waals surface area contributed by atoms with Crippen molar-refractivity contribution in [1.82, 2.24) is 19.5 Å². The predicted molar refractivity (Wildman–Crippen MR) is 213 cm³/mol. The normalized spacial score (nSPS) is 13.4. The number of fused-ring (bicyclic) bond motifs is 6. The first-order valence-corrected chi connectivity index (χ1v) is 18.2. The van der Waals surface area contributed by atoms with E-state index in [9.17, 15) is 0 Å². The van der Waals surface area contributed by atoms with Crippen LogP contribution < -0.4 is 4.74 Å². The molecule has 4 aromatic heterocycles. The van der Waals surface area contributed by atoms with E-state index in [-0.39, 0.29) is 31.9 Å². The summed E-state index contributed by atoms with van der Waals surface area (Å²) in [6.45, 7) is 13.4. The Balaban J connectivity index is 0.00000413. The smallest absolute Gasteiger partial charge is 0.501 e. The summed E-state index contributed by atoms with van der Waals surface area (Å²) >= 11 is 0. The third kappa shape index (κ3) is 5.60. The van der Waals surface area contributed by atoms with E-state index >= 15 is 0 Å². The molecule has 0 spiro atoms. The number of pyridine rings is 3. The zero-order chi connectivity index (χ0) is 36.5. The van der Waals surface area contributed by atoms with Crippen LogP contribution in [0.4, 0.5) is 0 Å². The van der Waals surface area contributed by atoms with E-state index in [0.29, 0.717) is 11.5 Å². The summed E-state index contributed by atoms with van der Waals surface area (Å²) in [6.07, 6.45) is 5.60. The Kier molecular flexibility index (Phi) is 8.70. The second-order valence-corrected chi connectivity index (χ2v) is 16.0. The standard InChI is InChI=1S/C48H40N4O.Pt/c1-46(2,3)33-23-25-49-42(27-33)52-40-20-14-13-19-36(40)37-22-21-34(29-41(37)52)53-35-28-38-44-43(39(24-26-50-44)47(4,5)6)48(45(38)51-30-35,31-15-9-7-10-16-31)32-17-11-8-12-18-32;/h7-27,30H,1-6H3;/q-2;+2. The van der Waals surface area contributed by atoms with Crippen LogP contribution in [0.3, 0.4) is 0 Å². The number of aromatic nitrogens is 4. The minimum atomic E-state index is -0.695. The minimum absolute atomic E-state index is 0. The Labute approximate surface area is 331 Å². The van der Waals surface area contributed by atoms with Gasteiger partial charge in [0.15, 0.2) is 0 Å². The Morgan fingerprint density at radius 1 is 0.630 bits per heavy atom. The average molecular weight is 884 g/mol. The van der Waals surface area contributed by atoms with E-state index in [1.165, 1.54) is 11.1 Å². The number of nitrogens with zero attached hydrogens (tertiary/aromatic N) is 4. The summed E-state index contributed by atoms with van der Waals surface area (Å²) in [5, 5.41) is 2.21. The Morgan fingerprint density at radius 2 is 1.30 bits per heavy atom. The second-order valence-electron chi connectivity index (χ2n) is 16.0. The van der Waals surface area contributed by atoms with Gasteiger partial charge in [0.05, 0.1) is 5.75 Å². The van der Waals surface area contributed by atoms with E-state index in [1.807, 2.05) is 18.5 Å². The van der Waals surface area contributed by atoms with Crippen molar-refractivity contribution in [2.24, 2.45) is 0 Å². The number of ether oxygens (including phenoxy) is 1. The molecule has 1 aliphatic carbocycles. The summed E-state index contributed by atoms with van der Waals surface area (Å²) in [4.78, 5) is 15.2. The molecule has 9 rings (SSSR count). The average Bonchev–Trinajstić information content (AvgIpc) is 3.65. The summed E-state index contributed by atoms with van der Waals surface area (Å²) < 4.78 is 8.81. The Hall–Kier alpha value is -5.38. The summed E-state index contributed by atoms with van der Waals surface area (Å²) in [6, 6.07) is 47.5. The van der Waals surface area contributed by atoms with Crippen LogP contribution in [0, 0.1) is 12.1 Å². The van der Waals surface area contributed by atoms with Crippen molar-refractivity contribution in [3.8, 4) is 28.6 Å². The number of para-hydroxylation sites is 1. The van der Waals surface area contributed by atoms with Crippen molar-refractivity contribution in [3.05, 3.63) is 179 Å². The fraction of sp³-hybridized carbons (Fsp3) is 0.188. The maximum absolute atomic E-state index is 6.63. The molecule has 8 aromatic rings. The molecule has 54 heavy (non-hydrogen) atoms. The van der Waals surface area contributed by atoms with E-state index < -0.39 is 5.41 Å². The molecule has 0 unspecified atom stereocenters. The molecule has 6 heteroatoms. The monoisotopic (exact) mass is 883 g/mol. The molecule has 0 fully saturated rings. The van der Waals surface area contributed by atoms with Crippen molar-refractivity contribution in [3.63, 3.8) is 0 Å². The number of benzene rings is 4. The fourth-order valence-corrected chi connectivity index (χ4v) is 8.09. The number of hydrogen-bond acceptors (Lipinski definition) is 4. The van der Waals surface area contributed by atoms with Gasteiger partial charge in [-0.25, -0.2) is 4.98 Å². The van der Waals surface area contributed by atoms with Crippen LogP contribution in [0.5, 0.6) is 11.5 Å². The van der Waals surface area contributed by atoms with E-state index in [0.717, 1.165) is 61.3 Å². The molecule has 0 N–H and O–H groups in total. The van der Waals surface area contributed by atoms with Gasteiger partial charge in [-0.05, 0) is 85.9 Å². The molecule has 5 nitrogen and oxygen atoms in total. The first-order valence-electron chi connectivity index (χ1n) is 18.2. The second kappa shape index (κ2) is 13.2. The van der Waals surface area contributed by atoms with Crippen LogP contribution >= 0.6 is 0 Å². The third-order valence-corrected chi connectivity index (χ3v) is 10.6. The van der Waals surface area contributed by atoms with E-state index in [1.54, 1.807) is 6.20 Å². The molecule has 0 aliphatic heterocycles. The largest absolute Gasteiger partial charge is 2.00 e.